The van der Waals surface area contributed by atoms with Crippen molar-refractivity contribution in [3.05, 3.63) is 36.4 Å². The number of hydrogen-bond acceptors (Lipinski definition) is 2. The maximum atomic E-state index is 10.8. The minimum atomic E-state index is -0.125. The Hall–Kier alpha value is -1.77. The Kier molecular flexibility index (Phi) is 3.29. The second-order valence-corrected chi connectivity index (χ2v) is 3.02. The van der Waals surface area contributed by atoms with E-state index in [0.29, 0.717) is 12.1 Å². The summed E-state index contributed by atoms with van der Waals surface area (Å²) in [4.78, 5) is 10.8. The van der Waals surface area contributed by atoms with Gasteiger partial charge in [0, 0.05) is 12.6 Å². The predicted molar refractivity (Wildman–Crippen MR) is 56.3 cm³/mol. The molecule has 0 radical (unpaired) electrons. The topological polar surface area (TPSA) is 49.3 Å². The summed E-state index contributed by atoms with van der Waals surface area (Å²) in [7, 11) is 0. The van der Waals surface area contributed by atoms with E-state index in [1.54, 1.807) is 24.3 Å². The molecule has 0 aromatic heterocycles. The molecule has 0 aliphatic carbocycles. The highest BCUT2D eigenvalue weighted by molar-refractivity contribution is 5.88. The summed E-state index contributed by atoms with van der Waals surface area (Å²) >= 11 is 0. The first-order valence-electron chi connectivity index (χ1n) is 4.34. The molecular formula is C11H13NO2. The van der Waals surface area contributed by atoms with Crippen molar-refractivity contribution in [1.29, 1.82) is 0 Å². The molecule has 1 amide bonds. The largest absolute Gasteiger partial charge is 0.508 e. The van der Waals surface area contributed by atoms with E-state index in [-0.39, 0.29) is 11.7 Å². The molecule has 0 aliphatic rings. The fraction of sp³-hybridized carbons (Fsp3) is 0.182. The van der Waals surface area contributed by atoms with E-state index in [2.05, 4.69) is 11.9 Å². The van der Waals surface area contributed by atoms with Crippen molar-refractivity contribution in [2.24, 2.45) is 0 Å². The molecule has 1 aromatic carbocycles. The van der Waals surface area contributed by atoms with E-state index in [9.17, 15) is 9.90 Å². The van der Waals surface area contributed by atoms with Crippen molar-refractivity contribution < 1.29 is 9.90 Å². The third-order valence-corrected chi connectivity index (χ3v) is 1.76. The molecule has 0 saturated carbocycles. The lowest BCUT2D eigenvalue weighted by atomic mass is 10.1. The van der Waals surface area contributed by atoms with Gasteiger partial charge in [-0.3, -0.25) is 4.79 Å². The van der Waals surface area contributed by atoms with Crippen LogP contribution in [-0.2, 0) is 11.2 Å². The van der Waals surface area contributed by atoms with E-state index in [4.69, 9.17) is 0 Å². The number of benzene rings is 1. The average molecular weight is 191 g/mol. The second kappa shape index (κ2) is 4.46. The number of carbonyl (C=O) groups excluding carboxylic acids is 1. The van der Waals surface area contributed by atoms with Crippen molar-refractivity contribution in [2.75, 3.05) is 5.32 Å². The van der Waals surface area contributed by atoms with Crippen LogP contribution in [0.1, 0.15) is 12.5 Å². The summed E-state index contributed by atoms with van der Waals surface area (Å²) in [5.41, 5.74) is 1.44. The van der Waals surface area contributed by atoms with Crippen LogP contribution < -0.4 is 5.32 Å². The number of aromatic hydroxyl groups is 1. The fourth-order valence-corrected chi connectivity index (χ4v) is 1.19. The standard InChI is InChI=1S/C11H13NO2/c1-3-4-9-7-10(12-8(2)13)5-6-11(9)14/h3,5-7,14H,1,4H2,2H3,(H,12,13). The SMILES string of the molecule is C=CCc1cc(NC(C)=O)ccc1O. The van der Waals surface area contributed by atoms with Crippen LogP contribution in [0.15, 0.2) is 30.9 Å². The molecule has 74 valence electrons. The normalized spacial score (nSPS) is 9.50. The van der Waals surface area contributed by atoms with Crippen LogP contribution in [0, 0.1) is 0 Å². The molecule has 0 atom stereocenters. The number of amides is 1. The van der Waals surface area contributed by atoms with Gasteiger partial charge < -0.3 is 10.4 Å². The minimum Gasteiger partial charge on any atom is -0.508 e. The number of carbonyl (C=O) groups is 1. The molecule has 2 N–H and O–H groups in total. The first-order chi connectivity index (χ1) is 6.63. The van der Waals surface area contributed by atoms with E-state index >= 15 is 0 Å². The summed E-state index contributed by atoms with van der Waals surface area (Å²) in [6.07, 6.45) is 2.28. The lowest BCUT2D eigenvalue weighted by molar-refractivity contribution is -0.114. The zero-order valence-electron chi connectivity index (χ0n) is 8.08. The van der Waals surface area contributed by atoms with Crippen molar-refractivity contribution >= 4 is 11.6 Å². The van der Waals surface area contributed by atoms with Gasteiger partial charge in [-0.15, -0.1) is 6.58 Å². The highest BCUT2D eigenvalue weighted by Crippen LogP contribution is 2.22. The van der Waals surface area contributed by atoms with Gasteiger partial charge in [-0.25, -0.2) is 0 Å². The number of hydrogen-bond donors (Lipinski definition) is 2. The van der Waals surface area contributed by atoms with Crippen LogP contribution >= 0.6 is 0 Å². The summed E-state index contributed by atoms with van der Waals surface area (Å²) in [5, 5.41) is 12.1. The first kappa shape index (κ1) is 10.3. The molecule has 14 heavy (non-hydrogen) atoms. The first-order valence-corrected chi connectivity index (χ1v) is 4.34. The highest BCUT2D eigenvalue weighted by Gasteiger charge is 2.01. The van der Waals surface area contributed by atoms with Gasteiger partial charge in [-0.05, 0) is 30.2 Å². The van der Waals surface area contributed by atoms with Crippen molar-refractivity contribution in [3.8, 4) is 5.75 Å². The number of anilines is 1. The number of phenolic OH excluding ortho intramolecular Hbond substituents is 1. The Balaban J connectivity index is 2.93. The Labute approximate surface area is 83.1 Å². The number of allylic oxidation sites excluding steroid dienone is 1. The van der Waals surface area contributed by atoms with Gasteiger partial charge in [0.05, 0.1) is 0 Å². The smallest absolute Gasteiger partial charge is 0.221 e. The van der Waals surface area contributed by atoms with Crippen molar-refractivity contribution in [1.82, 2.24) is 0 Å². The van der Waals surface area contributed by atoms with Gasteiger partial charge in [0.1, 0.15) is 5.75 Å². The number of nitrogens with one attached hydrogen (secondary N) is 1. The Morgan fingerprint density at radius 3 is 2.93 bits per heavy atom. The third kappa shape index (κ3) is 2.62. The number of phenols is 1. The van der Waals surface area contributed by atoms with Crippen molar-refractivity contribution in [2.45, 2.75) is 13.3 Å². The van der Waals surface area contributed by atoms with Crippen molar-refractivity contribution in [3.63, 3.8) is 0 Å². The fourth-order valence-electron chi connectivity index (χ4n) is 1.19. The zero-order valence-corrected chi connectivity index (χ0v) is 8.08. The molecule has 0 unspecified atom stereocenters. The van der Waals surface area contributed by atoms with Crippen LogP contribution in [-0.4, -0.2) is 11.0 Å². The van der Waals surface area contributed by atoms with Crippen LogP contribution in [0.2, 0.25) is 0 Å². The molecule has 3 nitrogen and oxygen atoms in total. The lowest BCUT2D eigenvalue weighted by Gasteiger charge is -2.06. The summed E-state index contributed by atoms with van der Waals surface area (Å²) in [6, 6.07) is 4.95. The molecule has 0 spiro atoms. The quantitative estimate of drug-likeness (QED) is 0.567. The molecule has 0 bridgehead atoms. The van der Waals surface area contributed by atoms with Crippen LogP contribution in [0.5, 0.6) is 5.75 Å². The van der Waals surface area contributed by atoms with Gasteiger partial charge in [0.25, 0.3) is 0 Å². The molecule has 0 fully saturated rings. The molecule has 3 heteroatoms. The molecule has 0 aliphatic heterocycles. The summed E-state index contributed by atoms with van der Waals surface area (Å²) < 4.78 is 0. The maximum Gasteiger partial charge on any atom is 0.221 e. The Morgan fingerprint density at radius 1 is 1.64 bits per heavy atom. The second-order valence-electron chi connectivity index (χ2n) is 3.02. The Bertz CT molecular complexity index is 358. The van der Waals surface area contributed by atoms with E-state index in [0.717, 1.165) is 5.56 Å². The summed E-state index contributed by atoms with van der Waals surface area (Å²) in [5.74, 6) is 0.0965. The summed E-state index contributed by atoms with van der Waals surface area (Å²) in [6.45, 7) is 5.03. The minimum absolute atomic E-state index is 0.125. The molecule has 0 saturated heterocycles. The zero-order chi connectivity index (χ0) is 10.6. The van der Waals surface area contributed by atoms with E-state index in [1.165, 1.54) is 6.92 Å². The maximum absolute atomic E-state index is 10.8. The van der Waals surface area contributed by atoms with Gasteiger partial charge >= 0.3 is 0 Å². The van der Waals surface area contributed by atoms with Gasteiger partial charge in [0.15, 0.2) is 0 Å². The molecule has 1 aromatic rings. The predicted octanol–water partition coefficient (Wildman–Crippen LogP) is 2.08. The van der Waals surface area contributed by atoms with E-state index < -0.39 is 0 Å². The number of rotatable bonds is 3. The molecular weight excluding hydrogens is 178 g/mol. The molecule has 1 rings (SSSR count). The van der Waals surface area contributed by atoms with E-state index in [1.807, 2.05) is 0 Å². The van der Waals surface area contributed by atoms with Crippen LogP contribution in [0.25, 0.3) is 0 Å². The Morgan fingerprint density at radius 2 is 2.36 bits per heavy atom. The third-order valence-electron chi connectivity index (χ3n) is 1.76. The van der Waals surface area contributed by atoms with Gasteiger partial charge in [-0.2, -0.15) is 0 Å². The highest BCUT2D eigenvalue weighted by atomic mass is 16.3. The lowest BCUT2D eigenvalue weighted by Crippen LogP contribution is -2.05. The monoisotopic (exact) mass is 191 g/mol. The van der Waals surface area contributed by atoms with Gasteiger partial charge in [0.2, 0.25) is 5.91 Å². The van der Waals surface area contributed by atoms with Gasteiger partial charge in [-0.1, -0.05) is 6.08 Å². The molecule has 0 heterocycles. The van der Waals surface area contributed by atoms with Crippen LogP contribution in [0.3, 0.4) is 0 Å². The van der Waals surface area contributed by atoms with Crippen LogP contribution in [0.4, 0.5) is 5.69 Å². The average Bonchev–Trinajstić information content (AvgIpc) is 2.10.